The standard InChI is InChI=1S/C46H82N4O2/c1-5-7-9-11-13-15-17-19-21-23-25-27-29-31-33-35-38-46(51-43-45(52-46)37-40-50-42-44(47-48-50)41-49(3)4)39-36-34-32-30-28-26-24-22-20-18-16-14-12-10-8-6-2/h13-16,19-22,42,45H,5-12,17-18,23-41,43H2,1-4H3. The highest BCUT2D eigenvalue weighted by molar-refractivity contribution is 4.94. The van der Waals surface area contributed by atoms with Crippen molar-refractivity contribution in [2.75, 3.05) is 20.7 Å². The molecule has 1 aromatic heterocycles. The third kappa shape index (κ3) is 25.1. The van der Waals surface area contributed by atoms with E-state index in [4.69, 9.17) is 9.47 Å². The second-order valence-electron chi connectivity index (χ2n) is 15.6. The molecule has 0 aliphatic carbocycles. The minimum atomic E-state index is -0.395. The summed E-state index contributed by atoms with van der Waals surface area (Å²) in [6.45, 7) is 6.87. The lowest BCUT2D eigenvalue weighted by Gasteiger charge is -2.28. The molecule has 0 amide bonds. The Morgan fingerprint density at radius 2 is 1.12 bits per heavy atom. The van der Waals surface area contributed by atoms with E-state index in [-0.39, 0.29) is 6.10 Å². The molecule has 1 aliphatic rings. The molecule has 1 aliphatic heterocycles. The van der Waals surface area contributed by atoms with Gasteiger partial charge in [-0.1, -0.05) is 145 Å². The Bertz CT molecular complexity index is 1010. The summed E-state index contributed by atoms with van der Waals surface area (Å²) in [5, 5.41) is 8.68. The number of rotatable bonds is 35. The molecule has 0 spiro atoms. The van der Waals surface area contributed by atoms with Crippen molar-refractivity contribution in [1.29, 1.82) is 0 Å². The van der Waals surface area contributed by atoms with Gasteiger partial charge in [-0.15, -0.1) is 5.10 Å². The first kappa shape index (κ1) is 46.1. The van der Waals surface area contributed by atoms with Crippen LogP contribution in [0, 0.1) is 0 Å². The van der Waals surface area contributed by atoms with Gasteiger partial charge in [-0.3, -0.25) is 4.68 Å². The van der Waals surface area contributed by atoms with E-state index in [0.29, 0.717) is 6.61 Å². The molecule has 1 fully saturated rings. The second kappa shape index (κ2) is 32.4. The van der Waals surface area contributed by atoms with Gasteiger partial charge in [0, 0.05) is 32.1 Å². The van der Waals surface area contributed by atoms with Crippen LogP contribution in [0.4, 0.5) is 0 Å². The summed E-state index contributed by atoms with van der Waals surface area (Å²) in [5.41, 5.74) is 1.01. The highest BCUT2D eigenvalue weighted by atomic mass is 16.7. The van der Waals surface area contributed by atoms with Gasteiger partial charge in [-0.25, -0.2) is 0 Å². The molecule has 2 heterocycles. The number of aromatic nitrogens is 3. The molecule has 0 bridgehead atoms. The molecule has 1 aromatic rings. The Balaban J connectivity index is 1.64. The van der Waals surface area contributed by atoms with Crippen LogP contribution >= 0.6 is 0 Å². The third-order valence-electron chi connectivity index (χ3n) is 10.2. The number of allylic oxidation sites excluding steroid dienone is 8. The first-order valence-electron chi connectivity index (χ1n) is 22.0. The zero-order valence-corrected chi connectivity index (χ0v) is 34.6. The molecule has 1 unspecified atom stereocenters. The Kier molecular flexibility index (Phi) is 28.8. The van der Waals surface area contributed by atoms with Crippen molar-refractivity contribution < 1.29 is 9.47 Å². The molecule has 1 saturated heterocycles. The van der Waals surface area contributed by atoms with Crippen molar-refractivity contribution >= 4 is 0 Å². The zero-order chi connectivity index (χ0) is 37.2. The molecule has 6 nitrogen and oxygen atoms in total. The smallest absolute Gasteiger partial charge is 0.168 e. The van der Waals surface area contributed by atoms with Crippen LogP contribution in [-0.2, 0) is 22.6 Å². The zero-order valence-electron chi connectivity index (χ0n) is 34.6. The number of hydrogen-bond acceptors (Lipinski definition) is 5. The molecule has 1 atom stereocenters. The van der Waals surface area contributed by atoms with Gasteiger partial charge >= 0.3 is 0 Å². The lowest BCUT2D eigenvalue weighted by Crippen LogP contribution is -2.31. The summed E-state index contributed by atoms with van der Waals surface area (Å²) in [7, 11) is 4.12. The summed E-state index contributed by atoms with van der Waals surface area (Å²) < 4.78 is 15.3. The van der Waals surface area contributed by atoms with Gasteiger partial charge in [-0.05, 0) is 97.6 Å². The van der Waals surface area contributed by atoms with Crippen LogP contribution in [0.5, 0.6) is 0 Å². The molecule has 0 radical (unpaired) electrons. The van der Waals surface area contributed by atoms with E-state index in [1.165, 1.54) is 141 Å². The summed E-state index contributed by atoms with van der Waals surface area (Å²) in [6.07, 6.45) is 54.6. The van der Waals surface area contributed by atoms with Crippen molar-refractivity contribution in [3.8, 4) is 0 Å². The van der Waals surface area contributed by atoms with Crippen LogP contribution in [0.3, 0.4) is 0 Å². The van der Waals surface area contributed by atoms with Gasteiger partial charge in [0.25, 0.3) is 0 Å². The van der Waals surface area contributed by atoms with Crippen LogP contribution in [-0.4, -0.2) is 52.5 Å². The normalized spacial score (nSPS) is 18.2. The molecule has 0 N–H and O–H groups in total. The van der Waals surface area contributed by atoms with Crippen LogP contribution in [0.1, 0.15) is 193 Å². The van der Waals surface area contributed by atoms with Crippen LogP contribution < -0.4 is 0 Å². The summed E-state index contributed by atoms with van der Waals surface area (Å²) in [5.74, 6) is -0.395. The van der Waals surface area contributed by atoms with Gasteiger partial charge in [0.1, 0.15) is 0 Å². The fourth-order valence-corrected chi connectivity index (χ4v) is 7.03. The Morgan fingerprint density at radius 1 is 0.654 bits per heavy atom. The Morgan fingerprint density at radius 3 is 1.60 bits per heavy atom. The number of unbranched alkanes of at least 4 members (excludes halogenated alkanes) is 18. The maximum absolute atomic E-state index is 6.77. The van der Waals surface area contributed by atoms with Gasteiger partial charge in [0.05, 0.1) is 18.4 Å². The van der Waals surface area contributed by atoms with Crippen molar-refractivity contribution in [2.45, 2.75) is 212 Å². The van der Waals surface area contributed by atoms with Crippen molar-refractivity contribution in [1.82, 2.24) is 19.9 Å². The van der Waals surface area contributed by atoms with Gasteiger partial charge < -0.3 is 14.4 Å². The maximum atomic E-state index is 6.77. The van der Waals surface area contributed by atoms with Gasteiger partial charge in [0.15, 0.2) is 5.79 Å². The SMILES string of the molecule is CCCCCC=CCC=CCCCCCCCCC1(CCCCCCCCC=CCC=CCCCCC)OCC(CCn2cc(CN(C)C)nn2)O1. The van der Waals surface area contributed by atoms with Crippen molar-refractivity contribution in [2.24, 2.45) is 0 Å². The summed E-state index contributed by atoms with van der Waals surface area (Å²) in [6, 6.07) is 0. The predicted octanol–water partition coefficient (Wildman–Crippen LogP) is 13.2. The van der Waals surface area contributed by atoms with E-state index >= 15 is 0 Å². The predicted molar refractivity (Wildman–Crippen MR) is 224 cm³/mol. The van der Waals surface area contributed by atoms with Crippen molar-refractivity contribution in [3.63, 3.8) is 0 Å². The average molecular weight is 723 g/mol. The largest absolute Gasteiger partial charge is 0.347 e. The molecule has 298 valence electrons. The highest BCUT2D eigenvalue weighted by Gasteiger charge is 2.40. The fraction of sp³-hybridized carbons (Fsp3) is 0.783. The number of ether oxygens (including phenoxy) is 2. The first-order valence-corrected chi connectivity index (χ1v) is 22.0. The third-order valence-corrected chi connectivity index (χ3v) is 10.2. The number of hydrogen-bond donors (Lipinski definition) is 0. The first-order chi connectivity index (χ1) is 25.6. The van der Waals surface area contributed by atoms with E-state index in [9.17, 15) is 0 Å². The number of nitrogens with zero attached hydrogens (tertiary/aromatic N) is 4. The summed E-state index contributed by atoms with van der Waals surface area (Å²) in [4.78, 5) is 2.12. The van der Waals surface area contributed by atoms with E-state index in [0.717, 1.165) is 50.9 Å². The fourth-order valence-electron chi connectivity index (χ4n) is 7.03. The number of aryl methyl sites for hydroxylation is 1. The van der Waals surface area contributed by atoms with E-state index < -0.39 is 5.79 Å². The van der Waals surface area contributed by atoms with E-state index in [1.807, 2.05) is 4.68 Å². The molecule has 6 heteroatoms. The molecular weight excluding hydrogens is 641 g/mol. The second-order valence-corrected chi connectivity index (χ2v) is 15.6. The minimum Gasteiger partial charge on any atom is -0.347 e. The molecule has 52 heavy (non-hydrogen) atoms. The van der Waals surface area contributed by atoms with Crippen molar-refractivity contribution in [3.05, 3.63) is 60.5 Å². The van der Waals surface area contributed by atoms with Crippen LogP contribution in [0.2, 0.25) is 0 Å². The maximum Gasteiger partial charge on any atom is 0.168 e. The lowest BCUT2D eigenvalue weighted by atomic mass is 9.98. The van der Waals surface area contributed by atoms with Crippen LogP contribution in [0.15, 0.2) is 54.8 Å². The van der Waals surface area contributed by atoms with E-state index in [2.05, 4.69) is 98.0 Å². The molecule has 0 saturated carbocycles. The topological polar surface area (TPSA) is 52.4 Å². The Hall–Kier alpha value is -2.02. The minimum absolute atomic E-state index is 0.135. The molecular formula is C46H82N4O2. The van der Waals surface area contributed by atoms with Gasteiger partial charge in [-0.2, -0.15) is 0 Å². The van der Waals surface area contributed by atoms with Crippen LogP contribution in [0.25, 0.3) is 0 Å². The molecule has 2 rings (SSSR count). The monoisotopic (exact) mass is 723 g/mol. The van der Waals surface area contributed by atoms with E-state index in [1.54, 1.807) is 0 Å². The molecule has 0 aromatic carbocycles. The quantitative estimate of drug-likeness (QED) is 0.0516. The average Bonchev–Trinajstić information content (AvgIpc) is 3.76. The van der Waals surface area contributed by atoms with Gasteiger partial charge in [0.2, 0.25) is 0 Å². The summed E-state index contributed by atoms with van der Waals surface area (Å²) >= 11 is 0. The lowest BCUT2D eigenvalue weighted by molar-refractivity contribution is -0.180. The highest BCUT2D eigenvalue weighted by Crippen LogP contribution is 2.35. The Labute approximate surface area is 322 Å².